The lowest BCUT2D eigenvalue weighted by molar-refractivity contribution is -0.136. The van der Waals surface area contributed by atoms with Gasteiger partial charge in [-0.2, -0.15) is 13.2 Å². The summed E-state index contributed by atoms with van der Waals surface area (Å²) in [6.07, 6.45) is -4.80. The third-order valence-corrected chi connectivity index (χ3v) is 8.48. The number of pyridine rings is 1. The van der Waals surface area contributed by atoms with Gasteiger partial charge in [-0.05, 0) is 35.4 Å². The van der Waals surface area contributed by atoms with Crippen LogP contribution in [0, 0.1) is 17.5 Å². The summed E-state index contributed by atoms with van der Waals surface area (Å²) in [6.45, 7) is 0. The third kappa shape index (κ3) is 5.24. The first-order chi connectivity index (χ1) is 23.7. The number of nitrogens with zero attached hydrogens (tertiary/aromatic N) is 3. The summed E-state index contributed by atoms with van der Waals surface area (Å²) in [5.74, 6) is -4.29. The fraction of sp³-hybridized carbons (Fsp3) is 0.0250. The van der Waals surface area contributed by atoms with E-state index in [0.29, 0.717) is 39.0 Å². The number of alkyl halides is 3. The highest BCUT2D eigenvalue weighted by molar-refractivity contribution is 6.22. The Bertz CT molecular complexity index is 2530. The van der Waals surface area contributed by atoms with Crippen LogP contribution in [0.15, 0.2) is 127 Å². The Kier molecular flexibility index (Phi) is 7.14. The standard InChI is InChI=1S/C40H21F6N3/c41-29-19-26(20-30(42)35(29)43)22-15-17-25(18-16-22)36-34-28(40(44,45)46)21-32-39(33(34)27-13-7-8-14-31(27)47-36)49-38(24-11-5-2-6-12-24)37(48-32)23-9-3-1-4-10-23/h1-21H. The molecule has 2 aromatic heterocycles. The largest absolute Gasteiger partial charge is 0.417 e. The van der Waals surface area contributed by atoms with Crippen molar-refractivity contribution >= 4 is 32.7 Å². The van der Waals surface area contributed by atoms with Gasteiger partial charge in [0.05, 0.1) is 39.2 Å². The second-order valence-electron chi connectivity index (χ2n) is 11.5. The van der Waals surface area contributed by atoms with E-state index in [2.05, 4.69) is 0 Å². The molecule has 0 fully saturated rings. The number of fused-ring (bicyclic) bond motifs is 5. The van der Waals surface area contributed by atoms with E-state index in [1.54, 1.807) is 24.3 Å². The molecule has 9 heteroatoms. The summed E-state index contributed by atoms with van der Waals surface area (Å²) >= 11 is 0. The van der Waals surface area contributed by atoms with Gasteiger partial charge >= 0.3 is 6.18 Å². The molecule has 8 rings (SSSR count). The van der Waals surface area contributed by atoms with Gasteiger partial charge in [0, 0.05) is 32.8 Å². The molecule has 0 N–H and O–H groups in total. The van der Waals surface area contributed by atoms with Crippen LogP contribution in [0.5, 0.6) is 0 Å². The molecule has 0 radical (unpaired) electrons. The monoisotopic (exact) mass is 657 g/mol. The number of aromatic nitrogens is 3. The highest BCUT2D eigenvalue weighted by Gasteiger charge is 2.36. The van der Waals surface area contributed by atoms with E-state index in [4.69, 9.17) is 15.0 Å². The quantitative estimate of drug-likeness (QED) is 0.107. The van der Waals surface area contributed by atoms with Crippen molar-refractivity contribution in [3.05, 3.63) is 150 Å². The van der Waals surface area contributed by atoms with Gasteiger partial charge in [0.1, 0.15) is 0 Å². The Morgan fingerprint density at radius 3 is 1.55 bits per heavy atom. The zero-order valence-electron chi connectivity index (χ0n) is 25.2. The first-order valence-corrected chi connectivity index (χ1v) is 15.2. The molecule has 3 nitrogen and oxygen atoms in total. The van der Waals surface area contributed by atoms with Crippen molar-refractivity contribution in [2.75, 3.05) is 0 Å². The molecule has 0 aliphatic heterocycles. The number of rotatable bonds is 4. The molecule has 0 aliphatic rings. The minimum Gasteiger partial charge on any atom is -0.247 e. The molecule has 238 valence electrons. The highest BCUT2D eigenvalue weighted by atomic mass is 19.4. The Labute approximate surface area is 275 Å². The molecule has 0 spiro atoms. The Morgan fingerprint density at radius 1 is 0.429 bits per heavy atom. The van der Waals surface area contributed by atoms with Crippen LogP contribution in [0.2, 0.25) is 0 Å². The van der Waals surface area contributed by atoms with Crippen LogP contribution in [0.3, 0.4) is 0 Å². The van der Waals surface area contributed by atoms with Gasteiger partial charge in [-0.15, -0.1) is 0 Å². The zero-order chi connectivity index (χ0) is 33.9. The average molecular weight is 658 g/mol. The van der Waals surface area contributed by atoms with Crippen molar-refractivity contribution in [2.45, 2.75) is 6.18 Å². The predicted octanol–water partition coefficient (Wildman–Crippen LogP) is 11.4. The number of para-hydroxylation sites is 1. The SMILES string of the molecule is Fc1cc(-c2ccc(-c3nc4ccccc4c4c3c(C(F)(F)F)cc3nc(-c5ccccc5)c(-c5ccccc5)nc34)cc2)cc(F)c1F. The summed E-state index contributed by atoms with van der Waals surface area (Å²) < 4.78 is 87.0. The molecule has 0 amide bonds. The minimum absolute atomic E-state index is 0.0427. The average Bonchev–Trinajstić information content (AvgIpc) is 3.12. The van der Waals surface area contributed by atoms with Crippen LogP contribution in [0.4, 0.5) is 26.3 Å². The molecule has 0 saturated heterocycles. The molecular formula is C40H21F6N3. The summed E-state index contributed by atoms with van der Waals surface area (Å²) in [6, 6.07) is 34.2. The van der Waals surface area contributed by atoms with Gasteiger partial charge in [-0.1, -0.05) is 103 Å². The molecule has 0 saturated carbocycles. The van der Waals surface area contributed by atoms with Crippen LogP contribution in [0.1, 0.15) is 5.56 Å². The fourth-order valence-electron chi connectivity index (χ4n) is 6.23. The lowest BCUT2D eigenvalue weighted by atomic mass is 9.93. The van der Waals surface area contributed by atoms with Crippen molar-refractivity contribution in [1.29, 1.82) is 0 Å². The lowest BCUT2D eigenvalue weighted by Gasteiger charge is -2.19. The topological polar surface area (TPSA) is 38.7 Å². The van der Waals surface area contributed by atoms with Crippen molar-refractivity contribution in [1.82, 2.24) is 15.0 Å². The molecule has 0 aliphatic carbocycles. The van der Waals surface area contributed by atoms with Crippen molar-refractivity contribution < 1.29 is 26.3 Å². The van der Waals surface area contributed by atoms with Crippen LogP contribution in [-0.4, -0.2) is 15.0 Å². The van der Waals surface area contributed by atoms with E-state index >= 15 is 13.2 Å². The summed E-state index contributed by atoms with van der Waals surface area (Å²) in [5, 5.41) is 0.541. The van der Waals surface area contributed by atoms with Crippen LogP contribution in [0.25, 0.3) is 77.6 Å². The molecule has 8 aromatic rings. The molecule has 2 heterocycles. The van der Waals surface area contributed by atoms with Crippen molar-refractivity contribution in [2.24, 2.45) is 0 Å². The van der Waals surface area contributed by atoms with Gasteiger partial charge in [0.25, 0.3) is 0 Å². The molecule has 0 atom stereocenters. The first-order valence-electron chi connectivity index (χ1n) is 15.2. The number of benzene rings is 6. The molecule has 49 heavy (non-hydrogen) atoms. The Balaban J connectivity index is 1.46. The summed E-state index contributed by atoms with van der Waals surface area (Å²) in [5.41, 5.74) is 3.00. The lowest BCUT2D eigenvalue weighted by Crippen LogP contribution is -2.09. The van der Waals surface area contributed by atoms with Crippen molar-refractivity contribution in [3.63, 3.8) is 0 Å². The van der Waals surface area contributed by atoms with E-state index < -0.39 is 29.2 Å². The van der Waals surface area contributed by atoms with E-state index in [1.165, 1.54) is 24.3 Å². The smallest absolute Gasteiger partial charge is 0.247 e. The van der Waals surface area contributed by atoms with E-state index in [-0.39, 0.29) is 33.1 Å². The fourth-order valence-corrected chi connectivity index (χ4v) is 6.23. The number of halogens is 6. The Hall–Kier alpha value is -6.09. The Morgan fingerprint density at radius 2 is 0.939 bits per heavy atom. The highest BCUT2D eigenvalue weighted by Crippen LogP contribution is 2.45. The minimum atomic E-state index is -4.80. The normalized spacial score (nSPS) is 11.9. The predicted molar refractivity (Wildman–Crippen MR) is 179 cm³/mol. The molecule has 0 unspecified atom stereocenters. The number of hydrogen-bond acceptors (Lipinski definition) is 3. The van der Waals surface area contributed by atoms with Gasteiger partial charge in [0.15, 0.2) is 17.5 Å². The van der Waals surface area contributed by atoms with E-state index in [0.717, 1.165) is 23.8 Å². The molecular weight excluding hydrogens is 636 g/mol. The van der Waals surface area contributed by atoms with Gasteiger partial charge < -0.3 is 0 Å². The summed E-state index contributed by atoms with van der Waals surface area (Å²) in [4.78, 5) is 14.7. The van der Waals surface area contributed by atoms with Crippen LogP contribution in [-0.2, 0) is 6.18 Å². The van der Waals surface area contributed by atoms with Gasteiger partial charge in [-0.3, -0.25) is 0 Å². The van der Waals surface area contributed by atoms with Crippen molar-refractivity contribution in [3.8, 4) is 44.9 Å². The third-order valence-electron chi connectivity index (χ3n) is 8.48. The maximum absolute atomic E-state index is 15.1. The zero-order valence-corrected chi connectivity index (χ0v) is 25.2. The van der Waals surface area contributed by atoms with E-state index in [9.17, 15) is 13.2 Å². The number of hydrogen-bond donors (Lipinski definition) is 0. The van der Waals surface area contributed by atoms with Crippen LogP contribution >= 0.6 is 0 Å². The second kappa shape index (κ2) is 11.6. The summed E-state index contributed by atoms with van der Waals surface area (Å²) in [7, 11) is 0. The maximum atomic E-state index is 15.1. The van der Waals surface area contributed by atoms with E-state index in [1.807, 2.05) is 60.7 Å². The van der Waals surface area contributed by atoms with Gasteiger partial charge in [0.2, 0.25) is 0 Å². The maximum Gasteiger partial charge on any atom is 0.417 e. The first kappa shape index (κ1) is 30.3. The molecule has 0 bridgehead atoms. The van der Waals surface area contributed by atoms with Gasteiger partial charge in [-0.25, -0.2) is 28.1 Å². The molecule has 6 aromatic carbocycles. The van der Waals surface area contributed by atoms with Crippen LogP contribution < -0.4 is 0 Å². The second-order valence-corrected chi connectivity index (χ2v) is 11.5.